The predicted molar refractivity (Wildman–Crippen MR) is 157 cm³/mol. The lowest BCUT2D eigenvalue weighted by molar-refractivity contribution is -0.127. The number of nitrogens with zero attached hydrogens (tertiary/aromatic N) is 1. The predicted octanol–water partition coefficient (Wildman–Crippen LogP) is 4.31. The fourth-order valence-electron chi connectivity index (χ4n) is 3.65. The fraction of sp³-hybridized carbons (Fsp3) is 0.516. The van der Waals surface area contributed by atoms with Crippen LogP contribution in [-0.4, -0.2) is 61.4 Å². The Morgan fingerprint density at radius 3 is 2.16 bits per heavy atom. The van der Waals surface area contributed by atoms with Crippen molar-refractivity contribution in [3.8, 4) is 0 Å². The maximum absolute atomic E-state index is 12.9. The molecule has 210 valence electrons. The van der Waals surface area contributed by atoms with Gasteiger partial charge >= 0.3 is 0 Å². The van der Waals surface area contributed by atoms with Crippen molar-refractivity contribution in [2.24, 2.45) is 5.92 Å². The number of aryl methyl sites for hydroxylation is 1. The molecule has 1 aromatic rings. The summed E-state index contributed by atoms with van der Waals surface area (Å²) in [5, 5.41) is 8.88. The van der Waals surface area contributed by atoms with Crippen molar-refractivity contribution in [2.45, 2.75) is 66.8 Å². The van der Waals surface area contributed by atoms with Crippen LogP contribution < -0.4 is 16.0 Å². The van der Waals surface area contributed by atoms with Crippen molar-refractivity contribution in [1.82, 2.24) is 20.9 Å². The van der Waals surface area contributed by atoms with Crippen molar-refractivity contribution < 1.29 is 14.4 Å². The molecule has 0 fully saturated rings. The molecule has 1 atom stereocenters. The molecule has 0 saturated carbocycles. The highest BCUT2D eigenvalue weighted by molar-refractivity contribution is 6.01. The molecule has 7 nitrogen and oxygen atoms in total. The largest absolute Gasteiger partial charge is 0.354 e. The molecular formula is C31H48N4O3. The molecule has 0 aromatic heterocycles. The van der Waals surface area contributed by atoms with Crippen LogP contribution in [0.2, 0.25) is 0 Å². The van der Waals surface area contributed by atoms with Gasteiger partial charge in [-0.1, -0.05) is 75.7 Å². The number of carbonyl (C=O) groups excluding carboxylic acids is 3. The zero-order chi connectivity index (χ0) is 28.3. The Hall–Kier alpha value is -3.19. The van der Waals surface area contributed by atoms with Gasteiger partial charge in [-0.15, -0.1) is 0 Å². The Labute approximate surface area is 229 Å². The molecule has 0 heterocycles. The number of benzene rings is 1. The smallest absolute Gasteiger partial charge is 0.253 e. The van der Waals surface area contributed by atoms with Crippen LogP contribution in [-0.2, 0) is 14.4 Å². The van der Waals surface area contributed by atoms with Crippen LogP contribution in [0.25, 0.3) is 0 Å². The van der Waals surface area contributed by atoms with Crippen molar-refractivity contribution in [2.75, 3.05) is 32.7 Å². The quantitative estimate of drug-likeness (QED) is 0.336. The minimum atomic E-state index is -0.328. The number of nitrogens with one attached hydrogen (secondary N) is 3. The molecule has 0 saturated heterocycles. The first-order valence-corrected chi connectivity index (χ1v) is 13.9. The Kier molecular flexibility index (Phi) is 16.4. The third kappa shape index (κ3) is 13.4. The number of carbonyl (C=O) groups is 3. The van der Waals surface area contributed by atoms with E-state index in [0.717, 1.165) is 12.8 Å². The van der Waals surface area contributed by atoms with Crippen LogP contribution in [0, 0.1) is 12.8 Å². The zero-order valence-electron chi connectivity index (χ0n) is 24.2. The van der Waals surface area contributed by atoms with E-state index >= 15 is 0 Å². The monoisotopic (exact) mass is 524 g/mol. The third-order valence-corrected chi connectivity index (χ3v) is 5.77. The minimum Gasteiger partial charge on any atom is -0.354 e. The van der Waals surface area contributed by atoms with Crippen LogP contribution in [0.5, 0.6) is 0 Å². The molecule has 1 aliphatic carbocycles. The molecule has 3 N–H and O–H groups in total. The number of hydrogen-bond acceptors (Lipinski definition) is 4. The summed E-state index contributed by atoms with van der Waals surface area (Å²) in [5.41, 5.74) is 2.42. The van der Waals surface area contributed by atoms with Crippen LogP contribution in [0.3, 0.4) is 0 Å². The van der Waals surface area contributed by atoms with Crippen LogP contribution in [0.1, 0.15) is 59.4 Å². The van der Waals surface area contributed by atoms with Gasteiger partial charge in [0.2, 0.25) is 11.8 Å². The number of amides is 3. The van der Waals surface area contributed by atoms with Gasteiger partial charge in [0.05, 0.1) is 6.04 Å². The van der Waals surface area contributed by atoms with Gasteiger partial charge in [-0.25, -0.2) is 0 Å². The normalized spacial score (nSPS) is 13.3. The molecule has 1 unspecified atom stereocenters. The molecule has 2 rings (SSSR count). The molecule has 7 heteroatoms. The lowest BCUT2D eigenvalue weighted by atomic mass is 10.1. The average Bonchev–Trinajstić information content (AvgIpc) is 3.16. The summed E-state index contributed by atoms with van der Waals surface area (Å²) < 4.78 is 0. The summed E-state index contributed by atoms with van der Waals surface area (Å²) in [4.78, 5) is 39.3. The SMILES string of the molecule is CCCN(CCC)C(=O)C1=CC=CCC(C(=O)NCCNC(C)C(=O)NCC(C)C)=C1.Cc1ccccc1. The van der Waals surface area contributed by atoms with E-state index in [1.54, 1.807) is 19.1 Å². The van der Waals surface area contributed by atoms with Gasteiger partial charge in [0, 0.05) is 43.9 Å². The van der Waals surface area contributed by atoms with E-state index in [1.807, 2.05) is 49.1 Å². The van der Waals surface area contributed by atoms with Crippen LogP contribution >= 0.6 is 0 Å². The number of rotatable bonds is 13. The molecule has 3 amide bonds. The van der Waals surface area contributed by atoms with E-state index in [9.17, 15) is 14.4 Å². The zero-order valence-corrected chi connectivity index (χ0v) is 24.2. The van der Waals surface area contributed by atoms with Crippen LogP contribution in [0.4, 0.5) is 0 Å². The van der Waals surface area contributed by atoms with E-state index in [1.165, 1.54) is 5.56 Å². The Bertz CT molecular complexity index is 945. The maximum atomic E-state index is 12.9. The topological polar surface area (TPSA) is 90.5 Å². The lowest BCUT2D eigenvalue weighted by Gasteiger charge is -2.22. The minimum absolute atomic E-state index is 0.0385. The molecule has 0 radical (unpaired) electrons. The summed E-state index contributed by atoms with van der Waals surface area (Å²) in [5.74, 6) is 0.123. The van der Waals surface area contributed by atoms with E-state index in [4.69, 9.17) is 0 Å². The van der Waals surface area contributed by atoms with Gasteiger partial charge in [-0.05, 0) is 51.2 Å². The van der Waals surface area contributed by atoms with Crippen molar-refractivity contribution in [1.29, 1.82) is 0 Å². The lowest BCUT2D eigenvalue weighted by Crippen LogP contribution is -2.45. The molecule has 1 aromatic carbocycles. The van der Waals surface area contributed by atoms with Gasteiger partial charge in [0.25, 0.3) is 5.91 Å². The molecule has 0 aliphatic heterocycles. The second-order valence-corrected chi connectivity index (χ2v) is 9.94. The van der Waals surface area contributed by atoms with Gasteiger partial charge in [0.15, 0.2) is 0 Å². The molecule has 38 heavy (non-hydrogen) atoms. The van der Waals surface area contributed by atoms with E-state index in [2.05, 4.69) is 48.9 Å². The second kappa shape index (κ2) is 19.0. The molecule has 0 spiro atoms. The maximum Gasteiger partial charge on any atom is 0.253 e. The first kappa shape index (κ1) is 32.8. The molecular weight excluding hydrogens is 476 g/mol. The molecule has 0 bridgehead atoms. The second-order valence-electron chi connectivity index (χ2n) is 9.94. The standard InChI is InChI=1S/C24H40N4O3.C7H8/c1-6-14-28(15-7-2)24(31)21-11-9-8-10-20(16-21)23(30)26-13-12-25-19(5)22(29)27-17-18(3)4;1-7-5-3-2-4-6-7/h8-9,11,16,18-19,25H,6-7,10,12-15,17H2,1-5H3,(H,26,30)(H,27,29);2-6H,1H3. The summed E-state index contributed by atoms with van der Waals surface area (Å²) in [6.45, 7) is 15.0. The first-order chi connectivity index (χ1) is 18.2. The van der Waals surface area contributed by atoms with Gasteiger partial charge in [-0.2, -0.15) is 0 Å². The fourth-order valence-corrected chi connectivity index (χ4v) is 3.65. The Morgan fingerprint density at radius 2 is 1.61 bits per heavy atom. The van der Waals surface area contributed by atoms with Crippen molar-refractivity contribution >= 4 is 17.7 Å². The third-order valence-electron chi connectivity index (χ3n) is 5.77. The van der Waals surface area contributed by atoms with E-state index in [0.29, 0.717) is 56.2 Å². The highest BCUT2D eigenvalue weighted by Crippen LogP contribution is 2.15. The van der Waals surface area contributed by atoms with Gasteiger partial charge in [-0.3, -0.25) is 14.4 Å². The van der Waals surface area contributed by atoms with Crippen molar-refractivity contribution in [3.05, 3.63) is 71.3 Å². The Balaban J connectivity index is 0.000000884. The number of allylic oxidation sites excluding steroid dienone is 3. The van der Waals surface area contributed by atoms with Gasteiger partial charge in [0.1, 0.15) is 0 Å². The van der Waals surface area contributed by atoms with Crippen LogP contribution in [0.15, 0.2) is 65.8 Å². The van der Waals surface area contributed by atoms with Gasteiger partial charge < -0.3 is 20.9 Å². The van der Waals surface area contributed by atoms with E-state index < -0.39 is 0 Å². The summed E-state index contributed by atoms with van der Waals surface area (Å²) in [6.07, 6.45) is 9.46. The van der Waals surface area contributed by atoms with E-state index in [-0.39, 0.29) is 23.8 Å². The summed E-state index contributed by atoms with van der Waals surface area (Å²) in [6, 6.07) is 9.93. The van der Waals surface area contributed by atoms with Crippen molar-refractivity contribution in [3.63, 3.8) is 0 Å². The Morgan fingerprint density at radius 1 is 0.947 bits per heavy atom. The highest BCUT2D eigenvalue weighted by Gasteiger charge is 2.19. The average molecular weight is 525 g/mol. The number of hydrogen-bond donors (Lipinski definition) is 3. The molecule has 1 aliphatic rings. The highest BCUT2D eigenvalue weighted by atomic mass is 16.2. The first-order valence-electron chi connectivity index (χ1n) is 13.9. The summed E-state index contributed by atoms with van der Waals surface area (Å²) in [7, 11) is 0. The summed E-state index contributed by atoms with van der Waals surface area (Å²) >= 11 is 0.